The largest absolute Gasteiger partial charge is 0.547 e. The molecule has 2 atom stereocenters. The summed E-state index contributed by atoms with van der Waals surface area (Å²) < 4.78 is 11.2. The topological polar surface area (TPSA) is 181 Å². The first-order valence-corrected chi connectivity index (χ1v) is 11.6. The Morgan fingerprint density at radius 1 is 1.05 bits per heavy atom. The maximum absolute atomic E-state index is 13.1. The van der Waals surface area contributed by atoms with Crippen LogP contribution in [0.1, 0.15) is 5.56 Å². The zero-order valence-corrected chi connectivity index (χ0v) is 20.6. The number of phenolic OH excluding ortho intramolecular Hbond substituents is 1. The van der Waals surface area contributed by atoms with Gasteiger partial charge in [0.15, 0.2) is 6.10 Å². The van der Waals surface area contributed by atoms with E-state index >= 15 is 0 Å². The van der Waals surface area contributed by atoms with E-state index in [4.69, 9.17) is 47.7 Å². The predicted octanol–water partition coefficient (Wildman–Crippen LogP) is 0.847. The maximum Gasteiger partial charge on any atom is 0.335 e. The summed E-state index contributed by atoms with van der Waals surface area (Å²) in [7, 11) is 0. The van der Waals surface area contributed by atoms with Gasteiger partial charge in [-0.2, -0.15) is 0 Å². The van der Waals surface area contributed by atoms with Gasteiger partial charge in [-0.25, -0.2) is 4.79 Å². The molecule has 4 rings (SSSR count). The Hall–Kier alpha value is -3.19. The summed E-state index contributed by atoms with van der Waals surface area (Å²) in [5, 5.41) is 45.7. The van der Waals surface area contributed by atoms with Crippen LogP contribution in [-0.4, -0.2) is 75.8 Å². The molecule has 3 aromatic rings. The van der Waals surface area contributed by atoms with Gasteiger partial charge in [-0.15, -0.1) is 0 Å². The van der Waals surface area contributed by atoms with Crippen LogP contribution in [0.5, 0.6) is 5.75 Å². The molecule has 0 bridgehead atoms. The van der Waals surface area contributed by atoms with E-state index in [2.05, 4.69) is 4.90 Å². The number of aromatic hydroxyl groups is 1. The Bertz CT molecular complexity index is 1340. The van der Waals surface area contributed by atoms with Crippen molar-refractivity contribution >= 4 is 46.1 Å². The van der Waals surface area contributed by atoms with E-state index in [1.807, 2.05) is 0 Å². The summed E-state index contributed by atoms with van der Waals surface area (Å²) in [6.07, 6.45) is -3.32. The molecule has 1 fully saturated rings. The van der Waals surface area contributed by atoms with Crippen molar-refractivity contribution in [3.05, 3.63) is 62.4 Å². The molecule has 1 saturated heterocycles. The zero-order chi connectivity index (χ0) is 27.3. The standard InChI is InChI=1S/C20H17Cl2NO4.C4H6O6/c21-12-1-2-13(17(22)9-12)16-11-27-20-14(19(16)25)3-4-18(24)15(20)10-23-5-7-26-8-6-23;5-1(3(7)8)2(6)4(9)10/h1-4,9,11,24H,5-8,10H2;1-2,5-6H,(H,7,8)(H,9,10)/p-1. The number of aliphatic carboxylic acids is 2. The average molecular weight is 555 g/mol. The van der Waals surface area contributed by atoms with Crippen molar-refractivity contribution in [3.63, 3.8) is 0 Å². The number of halogens is 2. The van der Waals surface area contributed by atoms with Crippen LogP contribution in [0.15, 0.2) is 45.8 Å². The van der Waals surface area contributed by atoms with Crippen molar-refractivity contribution in [2.75, 3.05) is 26.3 Å². The number of aliphatic hydroxyl groups is 2. The molecule has 4 N–H and O–H groups in total. The molecule has 2 aromatic carbocycles. The highest BCUT2D eigenvalue weighted by atomic mass is 35.5. The molecule has 1 aliphatic heterocycles. The van der Waals surface area contributed by atoms with E-state index in [0.717, 1.165) is 13.1 Å². The Kier molecular flexibility index (Phi) is 9.49. The molecule has 0 radical (unpaired) electrons. The third-order valence-electron chi connectivity index (χ3n) is 5.52. The third-order valence-corrected chi connectivity index (χ3v) is 6.07. The molecule has 1 aromatic heterocycles. The molecular formula is C24H22Cl2NO10-. The minimum atomic E-state index is -2.38. The number of hydrogen-bond donors (Lipinski definition) is 4. The van der Waals surface area contributed by atoms with Gasteiger partial charge in [0.2, 0.25) is 5.43 Å². The van der Waals surface area contributed by atoms with E-state index in [9.17, 15) is 24.6 Å². The lowest BCUT2D eigenvalue weighted by molar-refractivity contribution is -0.318. The average Bonchev–Trinajstić information content (AvgIpc) is 2.86. The number of morpholine rings is 1. The van der Waals surface area contributed by atoms with Crippen LogP contribution in [0.25, 0.3) is 22.1 Å². The Balaban J connectivity index is 0.000000325. The van der Waals surface area contributed by atoms with E-state index in [1.165, 1.54) is 12.3 Å². The zero-order valence-electron chi connectivity index (χ0n) is 19.1. The van der Waals surface area contributed by atoms with Crippen LogP contribution in [-0.2, 0) is 20.9 Å². The number of rotatable bonds is 6. The Morgan fingerprint density at radius 3 is 2.30 bits per heavy atom. The fourth-order valence-electron chi connectivity index (χ4n) is 3.54. The SMILES string of the molecule is O=C([O-])C(O)C(O)C(=O)O.O=c1c(-c2ccc(Cl)cc2Cl)coc2c(CN3CCOCC3)c(O)ccc12. The number of carbonyl (C=O) groups is 2. The Labute approximate surface area is 219 Å². The number of carbonyl (C=O) groups excluding carboxylic acids is 1. The van der Waals surface area contributed by atoms with E-state index in [0.29, 0.717) is 57.5 Å². The highest BCUT2D eigenvalue weighted by Crippen LogP contribution is 2.32. The first kappa shape index (κ1) is 28.4. The van der Waals surface area contributed by atoms with Gasteiger partial charge in [0, 0.05) is 30.2 Å². The van der Waals surface area contributed by atoms with E-state index in [-0.39, 0.29) is 11.2 Å². The van der Waals surface area contributed by atoms with Gasteiger partial charge in [0.25, 0.3) is 0 Å². The summed E-state index contributed by atoms with van der Waals surface area (Å²) in [6.45, 7) is 3.30. The summed E-state index contributed by atoms with van der Waals surface area (Å²) in [4.78, 5) is 34.6. The van der Waals surface area contributed by atoms with Gasteiger partial charge in [-0.3, -0.25) is 9.69 Å². The fourth-order valence-corrected chi connectivity index (χ4v) is 4.05. The normalized spacial score (nSPS) is 15.5. The van der Waals surface area contributed by atoms with Gasteiger partial charge in [-0.05, 0) is 24.3 Å². The van der Waals surface area contributed by atoms with Gasteiger partial charge in [-0.1, -0.05) is 29.3 Å². The molecule has 37 heavy (non-hydrogen) atoms. The van der Waals surface area contributed by atoms with Gasteiger partial charge in [0.1, 0.15) is 23.7 Å². The first-order valence-electron chi connectivity index (χ1n) is 10.8. The summed E-state index contributed by atoms with van der Waals surface area (Å²) in [5.41, 5.74) is 1.69. The minimum Gasteiger partial charge on any atom is -0.547 e. The van der Waals surface area contributed by atoms with Crippen molar-refractivity contribution < 1.29 is 44.3 Å². The second kappa shape index (κ2) is 12.4. The Morgan fingerprint density at radius 2 is 1.73 bits per heavy atom. The van der Waals surface area contributed by atoms with E-state index in [1.54, 1.807) is 24.3 Å². The second-order valence-corrected chi connectivity index (χ2v) is 8.82. The molecule has 0 saturated carbocycles. The second-order valence-electron chi connectivity index (χ2n) is 7.98. The number of phenols is 1. The number of ether oxygens (including phenoxy) is 1. The summed E-state index contributed by atoms with van der Waals surface area (Å²) in [5.74, 6) is -3.72. The molecule has 0 aliphatic carbocycles. The fraction of sp³-hybridized carbons (Fsp3) is 0.292. The molecule has 2 unspecified atom stereocenters. The summed E-state index contributed by atoms with van der Waals surface area (Å²) >= 11 is 12.2. The predicted molar refractivity (Wildman–Crippen MR) is 130 cm³/mol. The lowest BCUT2D eigenvalue weighted by Crippen LogP contribution is -2.46. The number of fused-ring (bicyclic) bond motifs is 1. The van der Waals surface area contributed by atoms with Crippen LogP contribution >= 0.6 is 23.2 Å². The molecule has 198 valence electrons. The lowest BCUT2D eigenvalue weighted by Gasteiger charge is -2.27. The van der Waals surface area contributed by atoms with Crippen LogP contribution in [0.4, 0.5) is 0 Å². The van der Waals surface area contributed by atoms with Crippen molar-refractivity contribution in [2.24, 2.45) is 0 Å². The van der Waals surface area contributed by atoms with Gasteiger partial charge >= 0.3 is 5.97 Å². The quantitative estimate of drug-likeness (QED) is 0.339. The van der Waals surface area contributed by atoms with Crippen molar-refractivity contribution in [3.8, 4) is 16.9 Å². The van der Waals surface area contributed by atoms with Gasteiger partial charge < -0.3 is 39.5 Å². The first-order chi connectivity index (χ1) is 17.5. The van der Waals surface area contributed by atoms with Crippen LogP contribution in [0.3, 0.4) is 0 Å². The lowest BCUT2D eigenvalue weighted by atomic mass is 10.0. The number of hydrogen-bond acceptors (Lipinski definition) is 10. The monoisotopic (exact) mass is 554 g/mol. The molecular weight excluding hydrogens is 533 g/mol. The van der Waals surface area contributed by atoms with Gasteiger partial charge in [0.05, 0.1) is 40.7 Å². The number of carboxylic acid groups (broad SMARTS) is 2. The number of nitrogens with zero attached hydrogens (tertiary/aromatic N) is 1. The van der Waals surface area contributed by atoms with Crippen LogP contribution < -0.4 is 10.5 Å². The highest BCUT2D eigenvalue weighted by molar-refractivity contribution is 6.36. The highest BCUT2D eigenvalue weighted by Gasteiger charge is 2.24. The van der Waals surface area contributed by atoms with Crippen molar-refractivity contribution in [1.29, 1.82) is 0 Å². The van der Waals surface area contributed by atoms with Crippen molar-refractivity contribution in [2.45, 2.75) is 18.8 Å². The molecule has 0 spiro atoms. The van der Waals surface area contributed by atoms with E-state index < -0.39 is 24.1 Å². The third kappa shape index (κ3) is 6.77. The molecule has 11 nitrogen and oxygen atoms in total. The number of aliphatic hydroxyl groups excluding tert-OH is 2. The molecule has 2 heterocycles. The smallest absolute Gasteiger partial charge is 0.335 e. The number of benzene rings is 2. The molecule has 13 heteroatoms. The van der Waals surface area contributed by atoms with Crippen molar-refractivity contribution in [1.82, 2.24) is 4.90 Å². The summed E-state index contributed by atoms with van der Waals surface area (Å²) in [6, 6.07) is 8.06. The molecule has 1 aliphatic rings. The van der Waals surface area contributed by atoms with Crippen LogP contribution in [0.2, 0.25) is 10.0 Å². The molecule has 0 amide bonds. The number of carboxylic acids is 2. The minimum absolute atomic E-state index is 0.106. The van der Waals surface area contributed by atoms with Crippen LogP contribution in [0, 0.1) is 0 Å². The maximum atomic E-state index is 13.1.